The smallest absolute Gasteiger partial charge is 0.243 e. The van der Waals surface area contributed by atoms with Crippen LogP contribution < -0.4 is 16.0 Å². The molecule has 6 atom stereocenters. The third kappa shape index (κ3) is 10.7. The highest BCUT2D eigenvalue weighted by Gasteiger charge is 2.40. The van der Waals surface area contributed by atoms with Crippen molar-refractivity contribution in [2.75, 3.05) is 0 Å². The summed E-state index contributed by atoms with van der Waals surface area (Å²) in [7, 11) is 0. The van der Waals surface area contributed by atoms with E-state index < -0.39 is 41.8 Å². The average Bonchev–Trinajstić information content (AvgIpc) is 2.94. The fraction of sp³-hybridized carbons (Fsp3) is 0.743. The number of carbonyl (C=O) groups excluding carboxylic acids is 3. The molecule has 0 aromatic heterocycles. The maximum absolute atomic E-state index is 13.8. The van der Waals surface area contributed by atoms with Crippen LogP contribution in [0.25, 0.3) is 0 Å². The average molecular weight is 602 g/mol. The first-order chi connectivity index (χ1) is 20.0. The Bertz CT molecular complexity index is 1040. The van der Waals surface area contributed by atoms with E-state index in [1.807, 2.05) is 39.8 Å². The predicted octanol–water partition coefficient (Wildman–Crippen LogP) is 4.58. The van der Waals surface area contributed by atoms with Crippen molar-refractivity contribution < 1.29 is 24.6 Å². The molecular formula is C35H59N3O5. The zero-order valence-corrected chi connectivity index (χ0v) is 28.1. The molecule has 1 aliphatic rings. The van der Waals surface area contributed by atoms with Crippen LogP contribution in [0.5, 0.6) is 0 Å². The molecule has 1 fully saturated rings. The lowest BCUT2D eigenvalue weighted by Crippen LogP contribution is -2.62. The zero-order valence-electron chi connectivity index (χ0n) is 28.1. The monoisotopic (exact) mass is 601 g/mol. The van der Waals surface area contributed by atoms with Crippen LogP contribution in [0.1, 0.15) is 118 Å². The van der Waals surface area contributed by atoms with Gasteiger partial charge in [0.15, 0.2) is 0 Å². The minimum atomic E-state index is -1.19. The summed E-state index contributed by atoms with van der Waals surface area (Å²) in [5.41, 5.74) is 1.39. The molecule has 0 radical (unpaired) electrons. The van der Waals surface area contributed by atoms with Gasteiger partial charge in [0.1, 0.15) is 17.9 Å². The Morgan fingerprint density at radius 3 is 1.98 bits per heavy atom. The third-order valence-corrected chi connectivity index (χ3v) is 9.18. The van der Waals surface area contributed by atoms with Crippen molar-refractivity contribution in [3.05, 3.63) is 35.4 Å². The van der Waals surface area contributed by atoms with Crippen molar-refractivity contribution in [2.45, 2.75) is 155 Å². The van der Waals surface area contributed by atoms with Gasteiger partial charge in [-0.1, -0.05) is 98.4 Å². The van der Waals surface area contributed by atoms with E-state index in [9.17, 15) is 24.6 Å². The first-order valence-electron chi connectivity index (χ1n) is 16.4. The van der Waals surface area contributed by atoms with E-state index in [0.29, 0.717) is 32.1 Å². The highest BCUT2D eigenvalue weighted by molar-refractivity contribution is 5.91. The van der Waals surface area contributed by atoms with Gasteiger partial charge in [-0.2, -0.15) is 0 Å². The Kier molecular flexibility index (Phi) is 13.9. The fourth-order valence-corrected chi connectivity index (χ4v) is 6.03. The molecule has 0 saturated heterocycles. The Labute approximate surface area is 260 Å². The number of hydrogen-bond acceptors (Lipinski definition) is 6. The van der Waals surface area contributed by atoms with E-state index in [2.05, 4.69) is 48.9 Å². The Morgan fingerprint density at radius 2 is 1.49 bits per heavy atom. The number of amides is 2. The second-order valence-corrected chi connectivity index (χ2v) is 14.4. The summed E-state index contributed by atoms with van der Waals surface area (Å²) in [6, 6.07) is 5.84. The lowest BCUT2D eigenvalue weighted by Gasteiger charge is -2.38. The SMILES string of the molecule is CCC(C)C(NC(=O)C(C)NC1(C(C)=O)CCCCC1)C(=O)N[C@@H](Cc1ccc(C(C)(C)C)cc1)[C@@H](O)[C@@H](O)CC(C)C. The van der Waals surface area contributed by atoms with Crippen LogP contribution >= 0.6 is 0 Å². The summed E-state index contributed by atoms with van der Waals surface area (Å²) < 4.78 is 0. The summed E-state index contributed by atoms with van der Waals surface area (Å²) in [5, 5.41) is 31.3. The van der Waals surface area contributed by atoms with E-state index >= 15 is 0 Å². The summed E-state index contributed by atoms with van der Waals surface area (Å²) in [6.45, 7) is 17.6. The van der Waals surface area contributed by atoms with Crippen molar-refractivity contribution in [3.63, 3.8) is 0 Å². The molecule has 0 spiro atoms. The van der Waals surface area contributed by atoms with E-state index in [4.69, 9.17) is 0 Å². The van der Waals surface area contributed by atoms with Crippen LogP contribution in [-0.2, 0) is 26.2 Å². The molecule has 0 aliphatic heterocycles. The van der Waals surface area contributed by atoms with Crippen molar-refractivity contribution in [1.29, 1.82) is 0 Å². The molecule has 2 amide bonds. The van der Waals surface area contributed by atoms with Gasteiger partial charge in [0, 0.05) is 0 Å². The first kappa shape index (κ1) is 36.9. The molecule has 0 heterocycles. The van der Waals surface area contributed by atoms with Crippen molar-refractivity contribution >= 4 is 17.6 Å². The highest BCUT2D eigenvalue weighted by Crippen LogP contribution is 2.30. The van der Waals surface area contributed by atoms with Gasteiger partial charge < -0.3 is 20.8 Å². The van der Waals surface area contributed by atoms with Gasteiger partial charge in [-0.3, -0.25) is 19.7 Å². The second kappa shape index (κ2) is 16.1. The number of aliphatic hydroxyl groups is 2. The van der Waals surface area contributed by atoms with Gasteiger partial charge in [0.2, 0.25) is 11.8 Å². The molecule has 8 nitrogen and oxygen atoms in total. The molecule has 2 rings (SSSR count). The molecule has 43 heavy (non-hydrogen) atoms. The summed E-state index contributed by atoms with van der Waals surface area (Å²) in [6.07, 6.45) is 3.50. The van der Waals surface area contributed by atoms with E-state index in [1.54, 1.807) is 13.8 Å². The predicted molar refractivity (Wildman–Crippen MR) is 173 cm³/mol. The van der Waals surface area contributed by atoms with E-state index in [1.165, 1.54) is 5.56 Å². The largest absolute Gasteiger partial charge is 0.390 e. The van der Waals surface area contributed by atoms with Crippen LogP contribution in [0.2, 0.25) is 0 Å². The first-order valence-corrected chi connectivity index (χ1v) is 16.4. The van der Waals surface area contributed by atoms with E-state index in [0.717, 1.165) is 24.8 Å². The van der Waals surface area contributed by atoms with E-state index in [-0.39, 0.29) is 28.9 Å². The maximum atomic E-state index is 13.8. The van der Waals surface area contributed by atoms with Gasteiger partial charge in [-0.15, -0.1) is 0 Å². The van der Waals surface area contributed by atoms with Crippen molar-refractivity contribution in [1.82, 2.24) is 16.0 Å². The lowest BCUT2D eigenvalue weighted by molar-refractivity contribution is -0.133. The molecule has 5 N–H and O–H groups in total. The second-order valence-electron chi connectivity index (χ2n) is 14.4. The molecule has 3 unspecified atom stereocenters. The molecular weight excluding hydrogens is 542 g/mol. The van der Waals surface area contributed by atoms with Gasteiger partial charge in [-0.05, 0) is 67.9 Å². The summed E-state index contributed by atoms with van der Waals surface area (Å²) in [5.74, 6) is -0.731. The van der Waals surface area contributed by atoms with Gasteiger partial charge in [0.25, 0.3) is 0 Å². The molecule has 1 aromatic carbocycles. The highest BCUT2D eigenvalue weighted by atomic mass is 16.3. The number of benzene rings is 1. The van der Waals surface area contributed by atoms with Crippen LogP contribution in [-0.4, -0.2) is 63.7 Å². The van der Waals surface area contributed by atoms with Gasteiger partial charge in [0.05, 0.1) is 23.7 Å². The Hall–Kier alpha value is -2.29. The number of aliphatic hydroxyl groups excluding tert-OH is 2. The Balaban J connectivity index is 2.26. The summed E-state index contributed by atoms with van der Waals surface area (Å²) >= 11 is 0. The summed E-state index contributed by atoms with van der Waals surface area (Å²) in [4.78, 5) is 39.8. The zero-order chi connectivity index (χ0) is 32.5. The quantitative estimate of drug-likeness (QED) is 0.200. The number of hydrogen-bond donors (Lipinski definition) is 5. The third-order valence-electron chi connectivity index (χ3n) is 9.18. The minimum absolute atomic E-state index is 0.00607. The molecule has 1 aliphatic carbocycles. The fourth-order valence-electron chi connectivity index (χ4n) is 6.03. The van der Waals surface area contributed by atoms with Crippen molar-refractivity contribution in [3.8, 4) is 0 Å². The lowest BCUT2D eigenvalue weighted by atomic mass is 9.78. The normalized spacial score (nSPS) is 19.5. The number of rotatable bonds is 15. The van der Waals surface area contributed by atoms with Gasteiger partial charge >= 0.3 is 0 Å². The Morgan fingerprint density at radius 1 is 0.907 bits per heavy atom. The number of Topliss-reactive ketones (excluding diaryl/α,β-unsaturated/α-hetero) is 1. The van der Waals surface area contributed by atoms with Crippen LogP contribution in [0.15, 0.2) is 24.3 Å². The molecule has 1 aromatic rings. The van der Waals surface area contributed by atoms with Crippen LogP contribution in [0, 0.1) is 11.8 Å². The standard InChI is InChI=1S/C35H59N3O5/c1-10-23(4)30(37-32(42)24(5)38-35(25(6)39)18-12-11-13-19-35)33(43)36-28(31(41)29(40)20-22(2)3)21-26-14-16-27(17-15-26)34(7,8)9/h14-17,22-24,28-31,38,40-41H,10-13,18-21H2,1-9H3,(H,36,43)(H,37,42)/t23?,24?,28-,29-,30?,31+/m0/s1. The minimum Gasteiger partial charge on any atom is -0.390 e. The van der Waals surface area contributed by atoms with Crippen LogP contribution in [0.4, 0.5) is 0 Å². The number of carbonyl (C=O) groups is 3. The molecule has 244 valence electrons. The molecule has 0 bridgehead atoms. The van der Waals surface area contributed by atoms with Crippen LogP contribution in [0.3, 0.4) is 0 Å². The number of ketones is 1. The topological polar surface area (TPSA) is 128 Å². The number of nitrogens with one attached hydrogen (secondary N) is 3. The van der Waals surface area contributed by atoms with Gasteiger partial charge in [-0.25, -0.2) is 0 Å². The molecule has 1 saturated carbocycles. The van der Waals surface area contributed by atoms with Crippen molar-refractivity contribution in [2.24, 2.45) is 11.8 Å². The molecule has 8 heteroatoms. The maximum Gasteiger partial charge on any atom is 0.243 e.